The van der Waals surface area contributed by atoms with Crippen LogP contribution in [0.1, 0.15) is 15.9 Å². The Labute approximate surface area is 125 Å². The molecule has 21 heavy (non-hydrogen) atoms. The summed E-state index contributed by atoms with van der Waals surface area (Å²) < 4.78 is 15.2. The number of rotatable bonds is 2. The Morgan fingerprint density at radius 1 is 1.24 bits per heavy atom. The van der Waals surface area contributed by atoms with E-state index in [0.29, 0.717) is 16.3 Å². The van der Waals surface area contributed by atoms with Gasteiger partial charge < -0.3 is 0 Å². The molecule has 2 aromatic carbocycles. The van der Waals surface area contributed by atoms with Crippen LogP contribution < -0.4 is 0 Å². The van der Waals surface area contributed by atoms with Crippen LogP contribution in [0.4, 0.5) is 4.39 Å². The number of hydrogen-bond acceptors (Lipinski definition) is 3. The Kier molecular flexibility index (Phi) is 3.51. The first-order valence-corrected chi connectivity index (χ1v) is 7.66. The molecule has 0 spiro atoms. The molecule has 0 aliphatic rings. The van der Waals surface area contributed by atoms with Gasteiger partial charge in [0.05, 0.1) is 11.0 Å². The lowest BCUT2D eigenvalue weighted by Crippen LogP contribution is -2.13. The Hall–Kier alpha value is -2.14. The normalized spacial score (nSPS) is 11.0. The smallest absolute Gasteiger partial charge is 0.264 e. The lowest BCUT2D eigenvalue weighted by molar-refractivity contribution is 0.0954. The van der Waals surface area contributed by atoms with Crippen LogP contribution >= 0.6 is 11.8 Å². The number of carbonyl (C=O) groups excluding carboxylic acids is 1. The molecular weight excluding hydrogens is 287 g/mol. The Morgan fingerprint density at radius 3 is 2.71 bits per heavy atom. The van der Waals surface area contributed by atoms with E-state index in [1.807, 2.05) is 30.5 Å². The topological polar surface area (TPSA) is 34.9 Å². The van der Waals surface area contributed by atoms with Gasteiger partial charge in [-0.15, -0.1) is 0 Å². The van der Waals surface area contributed by atoms with Crippen LogP contribution in [-0.2, 0) is 0 Å². The maximum atomic E-state index is 13.7. The van der Waals surface area contributed by atoms with Crippen molar-refractivity contribution in [2.45, 2.75) is 12.1 Å². The molecule has 0 saturated heterocycles. The van der Waals surface area contributed by atoms with E-state index in [0.717, 1.165) is 11.0 Å². The molecule has 0 bridgehead atoms. The number of carbonyl (C=O) groups is 1. The number of aryl methyl sites for hydroxylation is 1. The summed E-state index contributed by atoms with van der Waals surface area (Å²) in [6.45, 7) is 1.67. The Bertz CT molecular complexity index is 841. The molecular formula is C16H13FN2OS. The van der Waals surface area contributed by atoms with Gasteiger partial charge in [-0.2, -0.15) is 0 Å². The van der Waals surface area contributed by atoms with Crippen LogP contribution in [-0.4, -0.2) is 21.7 Å². The van der Waals surface area contributed by atoms with E-state index >= 15 is 0 Å². The van der Waals surface area contributed by atoms with E-state index in [4.69, 9.17) is 0 Å². The van der Waals surface area contributed by atoms with Gasteiger partial charge in [-0.05, 0) is 43.0 Å². The summed E-state index contributed by atoms with van der Waals surface area (Å²) in [5.74, 6) is -0.650. The van der Waals surface area contributed by atoms with Crippen molar-refractivity contribution in [2.24, 2.45) is 0 Å². The second kappa shape index (κ2) is 5.33. The van der Waals surface area contributed by atoms with E-state index in [1.54, 1.807) is 19.1 Å². The fourth-order valence-electron chi connectivity index (χ4n) is 2.19. The molecule has 0 saturated carbocycles. The number of imidazole rings is 1. The minimum absolute atomic E-state index is 0.271. The Balaban J connectivity index is 2.18. The first-order valence-electron chi connectivity index (χ1n) is 6.44. The lowest BCUT2D eigenvalue weighted by Gasteiger charge is -2.07. The minimum Gasteiger partial charge on any atom is -0.268 e. The first kappa shape index (κ1) is 13.8. The minimum atomic E-state index is -0.379. The molecule has 0 fully saturated rings. The fourth-order valence-corrected chi connectivity index (χ4v) is 2.75. The van der Waals surface area contributed by atoms with E-state index in [9.17, 15) is 9.18 Å². The van der Waals surface area contributed by atoms with Crippen molar-refractivity contribution in [2.75, 3.05) is 6.26 Å². The molecule has 3 rings (SSSR count). The summed E-state index contributed by atoms with van der Waals surface area (Å²) in [5.41, 5.74) is 2.32. The van der Waals surface area contributed by atoms with Crippen LogP contribution in [0, 0.1) is 12.7 Å². The molecule has 0 amide bonds. The predicted octanol–water partition coefficient (Wildman–Crippen LogP) is 3.89. The van der Waals surface area contributed by atoms with Gasteiger partial charge >= 0.3 is 0 Å². The third-order valence-electron chi connectivity index (χ3n) is 3.33. The predicted molar refractivity (Wildman–Crippen MR) is 82.4 cm³/mol. The van der Waals surface area contributed by atoms with Crippen molar-refractivity contribution in [1.29, 1.82) is 0 Å². The second-order valence-electron chi connectivity index (χ2n) is 4.69. The lowest BCUT2D eigenvalue weighted by atomic mass is 10.1. The molecule has 1 heterocycles. The standard InChI is InChI=1S/C16H13FN2OS/c1-10-7-8-11(9-12(10)17)15(20)19-14-6-4-3-5-13(14)18-16(19)21-2/h3-9H,1-2H3. The van der Waals surface area contributed by atoms with Gasteiger partial charge in [0.25, 0.3) is 5.91 Å². The van der Waals surface area contributed by atoms with Crippen LogP contribution in [0.15, 0.2) is 47.6 Å². The van der Waals surface area contributed by atoms with E-state index in [1.165, 1.54) is 22.4 Å². The highest BCUT2D eigenvalue weighted by Gasteiger charge is 2.18. The monoisotopic (exact) mass is 300 g/mol. The number of thioether (sulfide) groups is 1. The molecule has 5 heteroatoms. The summed E-state index contributed by atoms with van der Waals surface area (Å²) in [5, 5.41) is 0.599. The number of hydrogen-bond donors (Lipinski definition) is 0. The van der Waals surface area contributed by atoms with Crippen molar-refractivity contribution in [1.82, 2.24) is 9.55 Å². The summed E-state index contributed by atoms with van der Waals surface area (Å²) in [6, 6.07) is 11.9. The zero-order valence-electron chi connectivity index (χ0n) is 11.6. The summed E-state index contributed by atoms with van der Waals surface area (Å²) >= 11 is 1.39. The maximum absolute atomic E-state index is 13.7. The number of aromatic nitrogens is 2. The van der Waals surface area contributed by atoms with Crippen molar-refractivity contribution in [3.63, 3.8) is 0 Å². The van der Waals surface area contributed by atoms with Gasteiger partial charge in [-0.3, -0.25) is 9.36 Å². The van der Waals surface area contributed by atoms with Gasteiger partial charge in [0.15, 0.2) is 5.16 Å². The summed E-state index contributed by atoms with van der Waals surface area (Å²) in [4.78, 5) is 17.1. The largest absolute Gasteiger partial charge is 0.268 e. The Morgan fingerprint density at radius 2 is 2.00 bits per heavy atom. The molecule has 106 valence electrons. The third-order valence-corrected chi connectivity index (χ3v) is 3.97. The van der Waals surface area contributed by atoms with Crippen LogP contribution in [0.3, 0.4) is 0 Å². The number of para-hydroxylation sites is 2. The number of fused-ring (bicyclic) bond motifs is 1. The van der Waals surface area contributed by atoms with E-state index in [2.05, 4.69) is 4.98 Å². The summed E-state index contributed by atoms with van der Waals surface area (Å²) in [6.07, 6.45) is 1.86. The highest BCUT2D eigenvalue weighted by atomic mass is 32.2. The second-order valence-corrected chi connectivity index (χ2v) is 5.47. The SMILES string of the molecule is CSc1nc2ccccc2n1C(=O)c1ccc(C)c(F)c1. The van der Waals surface area contributed by atoms with Crippen molar-refractivity contribution in [3.8, 4) is 0 Å². The van der Waals surface area contributed by atoms with Gasteiger partial charge in [-0.1, -0.05) is 30.0 Å². The number of benzene rings is 2. The fraction of sp³-hybridized carbons (Fsp3) is 0.125. The zero-order valence-corrected chi connectivity index (χ0v) is 12.4. The van der Waals surface area contributed by atoms with Gasteiger partial charge in [0.1, 0.15) is 5.82 Å². The zero-order chi connectivity index (χ0) is 15.0. The van der Waals surface area contributed by atoms with Crippen molar-refractivity contribution < 1.29 is 9.18 Å². The molecule has 0 atom stereocenters. The maximum Gasteiger partial charge on any atom is 0.264 e. The van der Waals surface area contributed by atoms with E-state index in [-0.39, 0.29) is 11.7 Å². The average Bonchev–Trinajstić information content (AvgIpc) is 2.87. The van der Waals surface area contributed by atoms with Crippen LogP contribution in [0.5, 0.6) is 0 Å². The van der Waals surface area contributed by atoms with E-state index < -0.39 is 0 Å². The number of halogens is 1. The molecule has 0 aliphatic carbocycles. The summed E-state index contributed by atoms with van der Waals surface area (Å²) in [7, 11) is 0. The molecule has 0 radical (unpaired) electrons. The molecule has 0 unspecified atom stereocenters. The van der Waals surface area contributed by atoms with Crippen molar-refractivity contribution >= 4 is 28.7 Å². The van der Waals surface area contributed by atoms with Gasteiger partial charge in [0, 0.05) is 5.56 Å². The molecule has 3 nitrogen and oxygen atoms in total. The molecule has 3 aromatic rings. The highest BCUT2D eigenvalue weighted by Crippen LogP contribution is 2.24. The molecule has 1 aromatic heterocycles. The molecule has 0 N–H and O–H groups in total. The number of nitrogens with zero attached hydrogens (tertiary/aromatic N) is 2. The average molecular weight is 300 g/mol. The van der Waals surface area contributed by atoms with Gasteiger partial charge in [-0.25, -0.2) is 9.37 Å². The van der Waals surface area contributed by atoms with Crippen LogP contribution in [0.2, 0.25) is 0 Å². The van der Waals surface area contributed by atoms with Gasteiger partial charge in [0.2, 0.25) is 0 Å². The first-order chi connectivity index (χ1) is 10.1. The third kappa shape index (κ3) is 2.34. The van der Waals surface area contributed by atoms with Crippen molar-refractivity contribution in [3.05, 3.63) is 59.4 Å². The highest BCUT2D eigenvalue weighted by molar-refractivity contribution is 7.98. The van der Waals surface area contributed by atoms with Crippen LogP contribution in [0.25, 0.3) is 11.0 Å². The molecule has 0 aliphatic heterocycles. The quantitative estimate of drug-likeness (QED) is 0.673.